The quantitative estimate of drug-likeness (QED) is 0.766. The Bertz CT molecular complexity index is 509. The zero-order chi connectivity index (χ0) is 15.2. The third kappa shape index (κ3) is 6.86. The Labute approximate surface area is 131 Å². The van der Waals surface area contributed by atoms with E-state index in [0.717, 1.165) is 17.3 Å². The van der Waals surface area contributed by atoms with Crippen LogP contribution in [0.1, 0.15) is 39.2 Å². The SMILES string of the molecule is CCCCS(=O)(=O)NCC(C)(C)Cc1ccc(Br)cc1. The fourth-order valence-corrected chi connectivity index (χ4v) is 3.62. The lowest BCUT2D eigenvalue weighted by atomic mass is 9.86. The summed E-state index contributed by atoms with van der Waals surface area (Å²) >= 11 is 3.41. The molecule has 0 spiro atoms. The number of halogens is 1. The zero-order valence-electron chi connectivity index (χ0n) is 12.4. The molecule has 5 heteroatoms. The van der Waals surface area contributed by atoms with Crippen molar-refractivity contribution < 1.29 is 8.42 Å². The van der Waals surface area contributed by atoms with E-state index >= 15 is 0 Å². The van der Waals surface area contributed by atoms with E-state index in [1.54, 1.807) is 0 Å². The van der Waals surface area contributed by atoms with Gasteiger partial charge >= 0.3 is 0 Å². The molecule has 1 N–H and O–H groups in total. The molecule has 3 nitrogen and oxygen atoms in total. The maximum Gasteiger partial charge on any atom is 0.211 e. The molecular formula is C15H24BrNO2S. The number of hydrogen-bond acceptors (Lipinski definition) is 2. The number of sulfonamides is 1. The van der Waals surface area contributed by atoms with Crippen molar-refractivity contribution >= 4 is 26.0 Å². The van der Waals surface area contributed by atoms with Gasteiger partial charge in [0, 0.05) is 11.0 Å². The second kappa shape index (κ2) is 7.57. The molecule has 0 atom stereocenters. The molecule has 0 radical (unpaired) electrons. The first kappa shape index (κ1) is 17.7. The number of nitrogens with one attached hydrogen (secondary N) is 1. The first-order valence-electron chi connectivity index (χ1n) is 6.96. The second-order valence-corrected chi connectivity index (χ2v) is 8.80. The van der Waals surface area contributed by atoms with Crippen LogP contribution in [0.15, 0.2) is 28.7 Å². The molecule has 20 heavy (non-hydrogen) atoms. The van der Waals surface area contributed by atoms with Gasteiger partial charge in [0.2, 0.25) is 10.0 Å². The average molecular weight is 362 g/mol. The van der Waals surface area contributed by atoms with E-state index in [0.29, 0.717) is 13.0 Å². The number of unbranched alkanes of at least 4 members (excludes halogenated alkanes) is 1. The van der Waals surface area contributed by atoms with Crippen molar-refractivity contribution in [1.29, 1.82) is 0 Å². The molecule has 0 bridgehead atoms. The third-order valence-electron chi connectivity index (χ3n) is 3.13. The minimum absolute atomic E-state index is 0.104. The highest BCUT2D eigenvalue weighted by atomic mass is 79.9. The molecule has 0 amide bonds. The van der Waals surface area contributed by atoms with Crippen LogP contribution in [0.4, 0.5) is 0 Å². The molecule has 1 aromatic rings. The Morgan fingerprint density at radius 1 is 1.20 bits per heavy atom. The Morgan fingerprint density at radius 3 is 2.35 bits per heavy atom. The van der Waals surface area contributed by atoms with Crippen LogP contribution in [0.25, 0.3) is 0 Å². The maximum atomic E-state index is 11.8. The summed E-state index contributed by atoms with van der Waals surface area (Å²) in [6.45, 7) is 6.62. The lowest BCUT2D eigenvalue weighted by Gasteiger charge is -2.25. The summed E-state index contributed by atoms with van der Waals surface area (Å²) in [6, 6.07) is 8.16. The van der Waals surface area contributed by atoms with Crippen LogP contribution in [0.2, 0.25) is 0 Å². The van der Waals surface area contributed by atoms with Gasteiger partial charge in [0.05, 0.1) is 5.75 Å². The van der Waals surface area contributed by atoms with Gasteiger partial charge in [-0.25, -0.2) is 13.1 Å². The first-order valence-corrected chi connectivity index (χ1v) is 9.40. The summed E-state index contributed by atoms with van der Waals surface area (Å²) in [5.41, 5.74) is 1.11. The summed E-state index contributed by atoms with van der Waals surface area (Å²) in [4.78, 5) is 0. The van der Waals surface area contributed by atoms with Gasteiger partial charge in [-0.3, -0.25) is 0 Å². The molecule has 0 aliphatic carbocycles. The molecular weight excluding hydrogens is 338 g/mol. The van der Waals surface area contributed by atoms with Gasteiger partial charge in [-0.15, -0.1) is 0 Å². The van der Waals surface area contributed by atoms with Crippen molar-refractivity contribution in [3.8, 4) is 0 Å². The normalized spacial score (nSPS) is 12.6. The fraction of sp³-hybridized carbons (Fsp3) is 0.600. The van der Waals surface area contributed by atoms with Crippen molar-refractivity contribution in [3.05, 3.63) is 34.3 Å². The van der Waals surface area contributed by atoms with Gasteiger partial charge in [-0.05, 0) is 36.0 Å². The summed E-state index contributed by atoms with van der Waals surface area (Å²) in [7, 11) is -3.13. The minimum atomic E-state index is -3.13. The highest BCUT2D eigenvalue weighted by Crippen LogP contribution is 2.22. The Kier molecular flexibility index (Phi) is 6.69. The third-order valence-corrected chi connectivity index (χ3v) is 5.07. The van der Waals surface area contributed by atoms with Crippen molar-refractivity contribution in [2.45, 2.75) is 40.0 Å². The van der Waals surface area contributed by atoms with E-state index in [9.17, 15) is 8.42 Å². The molecule has 0 aliphatic rings. The van der Waals surface area contributed by atoms with Crippen LogP contribution in [0, 0.1) is 5.41 Å². The molecule has 0 unspecified atom stereocenters. The predicted octanol–water partition coefficient (Wildman–Crippen LogP) is 3.74. The molecule has 0 saturated heterocycles. The summed E-state index contributed by atoms with van der Waals surface area (Å²) in [5, 5.41) is 0. The predicted molar refractivity (Wildman–Crippen MR) is 88.3 cm³/mol. The minimum Gasteiger partial charge on any atom is -0.215 e. The van der Waals surface area contributed by atoms with Crippen LogP contribution < -0.4 is 4.72 Å². The van der Waals surface area contributed by atoms with E-state index in [1.807, 2.05) is 19.1 Å². The van der Waals surface area contributed by atoms with Crippen molar-refractivity contribution in [1.82, 2.24) is 4.72 Å². The summed E-state index contributed by atoms with van der Waals surface area (Å²) in [6.07, 6.45) is 2.45. The molecule has 0 fully saturated rings. The average Bonchev–Trinajstić information content (AvgIpc) is 2.37. The van der Waals surface area contributed by atoms with Crippen LogP contribution >= 0.6 is 15.9 Å². The van der Waals surface area contributed by atoms with Crippen LogP contribution in [-0.2, 0) is 16.4 Å². The van der Waals surface area contributed by atoms with Gasteiger partial charge in [0.1, 0.15) is 0 Å². The zero-order valence-corrected chi connectivity index (χ0v) is 14.9. The highest BCUT2D eigenvalue weighted by molar-refractivity contribution is 9.10. The summed E-state index contributed by atoms with van der Waals surface area (Å²) < 4.78 is 27.4. The first-order chi connectivity index (χ1) is 9.24. The molecule has 114 valence electrons. The number of rotatable bonds is 8. The molecule has 0 heterocycles. The van der Waals surface area contributed by atoms with E-state index in [1.165, 1.54) is 5.56 Å². The van der Waals surface area contributed by atoms with Crippen LogP contribution in [0.3, 0.4) is 0 Å². The largest absolute Gasteiger partial charge is 0.215 e. The smallest absolute Gasteiger partial charge is 0.211 e. The van der Waals surface area contributed by atoms with Gasteiger partial charge < -0.3 is 0 Å². The maximum absolute atomic E-state index is 11.8. The van der Waals surface area contributed by atoms with Crippen LogP contribution in [-0.4, -0.2) is 20.7 Å². The van der Waals surface area contributed by atoms with Crippen molar-refractivity contribution in [2.75, 3.05) is 12.3 Å². The van der Waals surface area contributed by atoms with E-state index in [4.69, 9.17) is 0 Å². The highest BCUT2D eigenvalue weighted by Gasteiger charge is 2.21. The fourth-order valence-electron chi connectivity index (χ4n) is 1.93. The van der Waals surface area contributed by atoms with E-state index < -0.39 is 10.0 Å². The standard InChI is InChI=1S/C15H24BrNO2S/c1-4-5-10-20(18,19)17-12-15(2,3)11-13-6-8-14(16)9-7-13/h6-9,17H,4-5,10-12H2,1-3H3. The topological polar surface area (TPSA) is 46.2 Å². The lowest BCUT2D eigenvalue weighted by Crippen LogP contribution is -2.36. The van der Waals surface area contributed by atoms with Gasteiger partial charge in [-0.1, -0.05) is 55.3 Å². The number of hydrogen-bond donors (Lipinski definition) is 1. The molecule has 1 rings (SSSR count). The van der Waals surface area contributed by atoms with Crippen molar-refractivity contribution in [3.63, 3.8) is 0 Å². The van der Waals surface area contributed by atoms with Crippen molar-refractivity contribution in [2.24, 2.45) is 5.41 Å². The van der Waals surface area contributed by atoms with E-state index in [2.05, 4.69) is 46.6 Å². The van der Waals surface area contributed by atoms with Gasteiger partial charge in [0.25, 0.3) is 0 Å². The Hall–Kier alpha value is -0.390. The lowest BCUT2D eigenvalue weighted by molar-refractivity contribution is 0.361. The monoisotopic (exact) mass is 361 g/mol. The van der Waals surface area contributed by atoms with Gasteiger partial charge in [0.15, 0.2) is 0 Å². The second-order valence-electron chi connectivity index (χ2n) is 5.96. The van der Waals surface area contributed by atoms with Crippen LogP contribution in [0.5, 0.6) is 0 Å². The molecule has 1 aromatic carbocycles. The Balaban J connectivity index is 2.55. The van der Waals surface area contributed by atoms with Gasteiger partial charge in [-0.2, -0.15) is 0 Å². The molecule has 0 aliphatic heterocycles. The number of benzene rings is 1. The molecule has 0 aromatic heterocycles. The Morgan fingerprint density at radius 2 is 1.80 bits per heavy atom. The molecule has 0 saturated carbocycles. The van der Waals surface area contributed by atoms with E-state index in [-0.39, 0.29) is 11.2 Å². The summed E-state index contributed by atoms with van der Waals surface area (Å²) in [5.74, 6) is 0.220.